The maximum atomic E-state index is 5.75. The Bertz CT molecular complexity index is 400. The molecule has 0 radical (unpaired) electrons. The highest BCUT2D eigenvalue weighted by Crippen LogP contribution is 2.24. The summed E-state index contributed by atoms with van der Waals surface area (Å²) in [4.78, 5) is 4.62. The number of hydrogen-bond donors (Lipinski definition) is 1. The van der Waals surface area contributed by atoms with Crippen LogP contribution in [-0.4, -0.2) is 31.9 Å². The molecule has 0 saturated heterocycles. The first-order valence-electron chi connectivity index (χ1n) is 7.31. The first-order valence-corrected chi connectivity index (χ1v) is 7.31. The summed E-state index contributed by atoms with van der Waals surface area (Å²) in [5, 5.41) is 3.34. The van der Waals surface area contributed by atoms with Crippen molar-refractivity contribution in [3.05, 3.63) is 23.4 Å². The van der Waals surface area contributed by atoms with Crippen molar-refractivity contribution >= 4 is 0 Å². The average Bonchev–Trinajstić information content (AvgIpc) is 2.40. The molecule has 0 fully saturated rings. The molecule has 0 aliphatic rings. The highest BCUT2D eigenvalue weighted by Gasteiger charge is 2.17. The van der Waals surface area contributed by atoms with Gasteiger partial charge in [-0.05, 0) is 18.2 Å². The van der Waals surface area contributed by atoms with Crippen LogP contribution in [0.25, 0.3) is 0 Å². The van der Waals surface area contributed by atoms with E-state index in [1.54, 1.807) is 7.11 Å². The van der Waals surface area contributed by atoms with E-state index < -0.39 is 0 Å². The smallest absolute Gasteiger partial charge is 0.213 e. The van der Waals surface area contributed by atoms with Gasteiger partial charge in [-0.15, -0.1) is 0 Å². The van der Waals surface area contributed by atoms with Crippen molar-refractivity contribution in [2.45, 2.75) is 46.1 Å². The van der Waals surface area contributed by atoms with E-state index in [9.17, 15) is 0 Å². The molecule has 0 saturated carbocycles. The molecule has 0 aliphatic carbocycles. The molecule has 4 heteroatoms. The molecular weight excluding hydrogens is 252 g/mol. The highest BCUT2D eigenvalue weighted by molar-refractivity contribution is 5.28. The lowest BCUT2D eigenvalue weighted by Crippen LogP contribution is -2.17. The Kier molecular flexibility index (Phi) is 6.96. The van der Waals surface area contributed by atoms with Crippen LogP contribution in [0.2, 0.25) is 0 Å². The summed E-state index contributed by atoms with van der Waals surface area (Å²) >= 11 is 0. The Hall–Kier alpha value is -1.13. The summed E-state index contributed by atoms with van der Waals surface area (Å²) in [6.07, 6.45) is 0.875. The lowest BCUT2D eigenvalue weighted by molar-refractivity contribution is 0.170. The molecular formula is C16H28N2O2. The molecule has 0 amide bonds. The van der Waals surface area contributed by atoms with Gasteiger partial charge in [0, 0.05) is 38.2 Å². The van der Waals surface area contributed by atoms with Gasteiger partial charge < -0.3 is 14.8 Å². The van der Waals surface area contributed by atoms with Crippen molar-refractivity contribution in [3.63, 3.8) is 0 Å². The van der Waals surface area contributed by atoms with Crippen LogP contribution in [0.15, 0.2) is 12.1 Å². The fraction of sp³-hybridized carbons (Fsp3) is 0.688. The van der Waals surface area contributed by atoms with Crippen LogP contribution >= 0.6 is 0 Å². The molecule has 0 spiro atoms. The lowest BCUT2D eigenvalue weighted by atomic mass is 9.91. The molecule has 1 aromatic heterocycles. The Morgan fingerprint density at radius 2 is 1.95 bits per heavy atom. The zero-order valence-electron chi connectivity index (χ0n) is 13.5. The fourth-order valence-electron chi connectivity index (χ4n) is 1.77. The maximum absolute atomic E-state index is 5.75. The predicted molar refractivity (Wildman–Crippen MR) is 82.3 cm³/mol. The third-order valence-corrected chi connectivity index (χ3v) is 2.95. The summed E-state index contributed by atoms with van der Waals surface area (Å²) in [6.45, 7) is 11.8. The van der Waals surface area contributed by atoms with Gasteiger partial charge in [0.1, 0.15) is 0 Å². The number of methoxy groups -OCH3 is 1. The third kappa shape index (κ3) is 5.88. The van der Waals surface area contributed by atoms with E-state index in [0.717, 1.165) is 25.2 Å². The van der Waals surface area contributed by atoms with E-state index in [-0.39, 0.29) is 5.41 Å². The Morgan fingerprint density at radius 1 is 1.20 bits per heavy atom. The number of hydrogen-bond acceptors (Lipinski definition) is 4. The van der Waals surface area contributed by atoms with Crippen molar-refractivity contribution in [2.24, 2.45) is 0 Å². The minimum Gasteiger partial charge on any atom is -0.478 e. The summed E-state index contributed by atoms with van der Waals surface area (Å²) in [5.74, 6) is 0.710. The number of ether oxygens (including phenoxy) is 2. The summed E-state index contributed by atoms with van der Waals surface area (Å²) in [5.41, 5.74) is 2.30. The van der Waals surface area contributed by atoms with Crippen LogP contribution in [-0.2, 0) is 16.7 Å². The van der Waals surface area contributed by atoms with Gasteiger partial charge in [0.25, 0.3) is 0 Å². The molecule has 20 heavy (non-hydrogen) atoms. The standard InChI is InChI=1S/C16H28N2O2/c1-6-17-12-13-10-14(16(2,3)4)18-15(11-13)20-9-7-8-19-5/h10-11,17H,6-9,12H2,1-5H3. The third-order valence-electron chi connectivity index (χ3n) is 2.95. The zero-order valence-corrected chi connectivity index (χ0v) is 13.5. The first-order chi connectivity index (χ1) is 9.47. The normalized spacial score (nSPS) is 11.7. The summed E-state index contributed by atoms with van der Waals surface area (Å²) < 4.78 is 10.8. The van der Waals surface area contributed by atoms with E-state index in [1.165, 1.54) is 5.56 Å². The summed E-state index contributed by atoms with van der Waals surface area (Å²) in [7, 11) is 1.70. The number of aromatic nitrogens is 1. The molecule has 1 aromatic rings. The fourth-order valence-corrected chi connectivity index (χ4v) is 1.77. The molecule has 0 bridgehead atoms. The molecule has 0 unspecified atom stereocenters. The average molecular weight is 280 g/mol. The van der Waals surface area contributed by atoms with Crippen molar-refractivity contribution < 1.29 is 9.47 Å². The minimum absolute atomic E-state index is 0.0207. The van der Waals surface area contributed by atoms with Gasteiger partial charge >= 0.3 is 0 Å². The monoisotopic (exact) mass is 280 g/mol. The first kappa shape index (κ1) is 16.9. The van der Waals surface area contributed by atoms with Crippen LogP contribution in [0.1, 0.15) is 45.4 Å². The van der Waals surface area contributed by atoms with Crippen molar-refractivity contribution in [3.8, 4) is 5.88 Å². The van der Waals surface area contributed by atoms with Gasteiger partial charge in [0.15, 0.2) is 0 Å². The van der Waals surface area contributed by atoms with E-state index in [4.69, 9.17) is 9.47 Å². The molecule has 0 atom stereocenters. The quantitative estimate of drug-likeness (QED) is 0.744. The van der Waals surface area contributed by atoms with E-state index in [0.29, 0.717) is 19.1 Å². The topological polar surface area (TPSA) is 43.4 Å². The number of rotatable bonds is 8. The van der Waals surface area contributed by atoms with E-state index >= 15 is 0 Å². The predicted octanol–water partition coefficient (Wildman–Crippen LogP) is 2.90. The van der Waals surface area contributed by atoms with Gasteiger partial charge in [-0.3, -0.25) is 0 Å². The Balaban J connectivity index is 2.80. The number of nitrogens with one attached hydrogen (secondary N) is 1. The van der Waals surface area contributed by atoms with Gasteiger partial charge in [0.05, 0.1) is 12.3 Å². The van der Waals surface area contributed by atoms with Gasteiger partial charge in [-0.2, -0.15) is 0 Å². The van der Waals surface area contributed by atoms with Crippen molar-refractivity contribution in [1.29, 1.82) is 0 Å². The van der Waals surface area contributed by atoms with Crippen molar-refractivity contribution in [2.75, 3.05) is 26.9 Å². The van der Waals surface area contributed by atoms with Gasteiger partial charge in [0.2, 0.25) is 5.88 Å². The molecule has 4 nitrogen and oxygen atoms in total. The highest BCUT2D eigenvalue weighted by atomic mass is 16.5. The molecule has 1 N–H and O–H groups in total. The van der Waals surface area contributed by atoms with Crippen LogP contribution in [0.4, 0.5) is 0 Å². The summed E-state index contributed by atoms with van der Waals surface area (Å²) in [6, 6.07) is 4.18. The minimum atomic E-state index is 0.0207. The number of nitrogens with zero attached hydrogens (tertiary/aromatic N) is 1. The molecule has 1 heterocycles. The molecule has 0 aliphatic heterocycles. The SMILES string of the molecule is CCNCc1cc(OCCCOC)nc(C(C)(C)C)c1. The second-order valence-electron chi connectivity index (χ2n) is 5.92. The van der Waals surface area contributed by atoms with Crippen molar-refractivity contribution in [1.82, 2.24) is 10.3 Å². The second-order valence-corrected chi connectivity index (χ2v) is 5.92. The van der Waals surface area contributed by atoms with Gasteiger partial charge in [-0.25, -0.2) is 4.98 Å². The largest absolute Gasteiger partial charge is 0.478 e. The van der Waals surface area contributed by atoms with Crippen LogP contribution in [0.3, 0.4) is 0 Å². The zero-order chi connectivity index (χ0) is 15.0. The molecule has 0 aromatic carbocycles. The Morgan fingerprint density at radius 3 is 2.55 bits per heavy atom. The van der Waals surface area contributed by atoms with Gasteiger partial charge in [-0.1, -0.05) is 27.7 Å². The lowest BCUT2D eigenvalue weighted by Gasteiger charge is -2.20. The second kappa shape index (κ2) is 8.22. The van der Waals surface area contributed by atoms with Crippen LogP contribution in [0, 0.1) is 0 Å². The number of pyridine rings is 1. The molecule has 1 rings (SSSR count). The maximum Gasteiger partial charge on any atom is 0.213 e. The van der Waals surface area contributed by atoms with Crippen LogP contribution < -0.4 is 10.1 Å². The Labute approximate surface area is 122 Å². The van der Waals surface area contributed by atoms with E-state index in [2.05, 4.69) is 44.1 Å². The molecule has 114 valence electrons. The van der Waals surface area contributed by atoms with E-state index in [1.807, 2.05) is 6.07 Å². The van der Waals surface area contributed by atoms with Crippen LogP contribution in [0.5, 0.6) is 5.88 Å².